The van der Waals surface area contributed by atoms with Gasteiger partial charge in [0.25, 0.3) is 0 Å². The molecule has 0 aliphatic rings. The van der Waals surface area contributed by atoms with E-state index in [0.29, 0.717) is 13.0 Å². The average molecular weight is 334 g/mol. The van der Waals surface area contributed by atoms with Crippen LogP contribution in [0.4, 0.5) is 18.9 Å². The van der Waals surface area contributed by atoms with E-state index in [1.54, 1.807) is 0 Å². The summed E-state index contributed by atoms with van der Waals surface area (Å²) in [6.07, 6.45) is -1.87. The zero-order chi connectivity index (χ0) is 17.2. The van der Waals surface area contributed by atoms with Crippen molar-refractivity contribution in [2.45, 2.75) is 12.6 Å². The molecule has 3 rings (SSSR count). The molecule has 0 bridgehead atoms. The number of anilines is 1. The molecule has 0 aliphatic heterocycles. The van der Waals surface area contributed by atoms with Gasteiger partial charge in [0, 0.05) is 30.6 Å². The van der Waals surface area contributed by atoms with Gasteiger partial charge in [0.1, 0.15) is 5.75 Å². The van der Waals surface area contributed by atoms with Crippen LogP contribution in [0.3, 0.4) is 0 Å². The van der Waals surface area contributed by atoms with E-state index in [-0.39, 0.29) is 0 Å². The summed E-state index contributed by atoms with van der Waals surface area (Å²) in [7, 11) is 1.85. The number of H-pyrrole nitrogens is 1. The molecule has 0 aliphatic carbocycles. The fourth-order valence-corrected chi connectivity index (χ4v) is 2.54. The van der Waals surface area contributed by atoms with Crippen molar-refractivity contribution in [2.24, 2.45) is 0 Å². The maximum Gasteiger partial charge on any atom is 0.416 e. The molecule has 0 radical (unpaired) electrons. The Kier molecular flexibility index (Phi) is 4.38. The quantitative estimate of drug-likeness (QED) is 0.700. The van der Waals surface area contributed by atoms with Gasteiger partial charge >= 0.3 is 6.18 Å². The Bertz CT molecular complexity index is 822. The first-order valence-electron chi connectivity index (χ1n) is 7.55. The van der Waals surface area contributed by atoms with Crippen LogP contribution in [0.1, 0.15) is 11.1 Å². The lowest BCUT2D eigenvalue weighted by atomic mass is 10.1. The molecule has 0 amide bonds. The van der Waals surface area contributed by atoms with E-state index in [9.17, 15) is 13.2 Å². The molecule has 3 nitrogen and oxygen atoms in total. The molecule has 0 fully saturated rings. The first-order chi connectivity index (χ1) is 11.5. The number of alkyl halides is 3. The minimum absolute atomic E-state index is 0.399. The van der Waals surface area contributed by atoms with Crippen molar-refractivity contribution < 1.29 is 17.9 Å². The third-order valence-corrected chi connectivity index (χ3v) is 3.86. The third kappa shape index (κ3) is 3.48. The largest absolute Gasteiger partial charge is 0.493 e. The highest BCUT2D eigenvalue weighted by atomic mass is 19.4. The van der Waals surface area contributed by atoms with Crippen molar-refractivity contribution in [1.82, 2.24) is 4.98 Å². The summed E-state index contributed by atoms with van der Waals surface area (Å²) in [4.78, 5) is 3.16. The molecule has 0 unspecified atom stereocenters. The smallest absolute Gasteiger partial charge is 0.416 e. The molecule has 6 heteroatoms. The van der Waals surface area contributed by atoms with E-state index in [0.717, 1.165) is 40.0 Å². The molecule has 0 saturated heterocycles. The number of aromatic nitrogens is 1. The summed E-state index contributed by atoms with van der Waals surface area (Å²) in [6, 6.07) is 10.9. The topological polar surface area (TPSA) is 37.0 Å². The summed E-state index contributed by atoms with van der Waals surface area (Å²) in [5.41, 5.74) is 2.17. The molecule has 3 aromatic rings. The number of rotatable bonds is 5. The average Bonchev–Trinajstić information content (AvgIpc) is 2.97. The lowest BCUT2D eigenvalue weighted by Crippen LogP contribution is -2.05. The van der Waals surface area contributed by atoms with Crippen molar-refractivity contribution in [3.8, 4) is 5.75 Å². The van der Waals surface area contributed by atoms with Gasteiger partial charge in [-0.2, -0.15) is 13.2 Å². The second kappa shape index (κ2) is 6.47. The molecule has 0 spiro atoms. The summed E-state index contributed by atoms with van der Waals surface area (Å²) >= 11 is 0. The number of ether oxygens (including phenoxy) is 1. The SMILES string of the molecule is CNc1c[nH]c2ccc(OCCc3ccc(C(F)(F)F)cc3)cc12. The molecular formula is C18H17F3N2O. The molecule has 2 aromatic carbocycles. The highest BCUT2D eigenvalue weighted by Gasteiger charge is 2.29. The predicted molar refractivity (Wildman–Crippen MR) is 88.5 cm³/mol. The van der Waals surface area contributed by atoms with E-state index < -0.39 is 11.7 Å². The van der Waals surface area contributed by atoms with E-state index in [1.165, 1.54) is 12.1 Å². The maximum absolute atomic E-state index is 12.5. The summed E-state index contributed by atoms with van der Waals surface area (Å²) in [6.45, 7) is 0.399. The van der Waals surface area contributed by atoms with Crippen molar-refractivity contribution in [3.05, 3.63) is 59.8 Å². The lowest BCUT2D eigenvalue weighted by Gasteiger charge is -2.09. The van der Waals surface area contributed by atoms with Crippen LogP contribution in [0.2, 0.25) is 0 Å². The predicted octanol–water partition coefficient (Wildman–Crippen LogP) is 4.85. The van der Waals surface area contributed by atoms with Crippen molar-refractivity contribution >= 4 is 16.6 Å². The molecule has 1 aromatic heterocycles. The van der Waals surface area contributed by atoms with Crippen LogP contribution < -0.4 is 10.1 Å². The van der Waals surface area contributed by atoms with Gasteiger partial charge in [-0.05, 0) is 35.9 Å². The van der Waals surface area contributed by atoms with Gasteiger partial charge in [-0.3, -0.25) is 0 Å². The van der Waals surface area contributed by atoms with Crippen molar-refractivity contribution in [3.63, 3.8) is 0 Å². The number of aromatic amines is 1. The number of hydrogen-bond acceptors (Lipinski definition) is 2. The Morgan fingerprint density at radius 3 is 2.50 bits per heavy atom. The Balaban J connectivity index is 1.62. The van der Waals surface area contributed by atoms with Crippen LogP contribution in [-0.2, 0) is 12.6 Å². The molecule has 0 saturated carbocycles. The van der Waals surface area contributed by atoms with Crippen LogP contribution in [0.5, 0.6) is 5.75 Å². The number of hydrogen-bond donors (Lipinski definition) is 2. The fourth-order valence-electron chi connectivity index (χ4n) is 2.54. The van der Waals surface area contributed by atoms with Gasteiger partial charge in [0.05, 0.1) is 17.9 Å². The van der Waals surface area contributed by atoms with Gasteiger partial charge in [-0.25, -0.2) is 0 Å². The number of halogens is 3. The Morgan fingerprint density at radius 1 is 1.08 bits per heavy atom. The highest BCUT2D eigenvalue weighted by Crippen LogP contribution is 2.29. The zero-order valence-electron chi connectivity index (χ0n) is 13.1. The van der Waals surface area contributed by atoms with E-state index in [1.807, 2.05) is 31.4 Å². The summed E-state index contributed by atoms with van der Waals surface area (Å²) in [5.74, 6) is 0.727. The standard InChI is InChI=1S/C18H17F3N2O/c1-22-17-11-23-16-7-6-14(10-15(16)17)24-9-8-12-2-4-13(5-3-12)18(19,20)21/h2-7,10-11,22-23H,8-9H2,1H3. The van der Waals surface area contributed by atoms with E-state index in [2.05, 4.69) is 10.3 Å². The first-order valence-corrected chi connectivity index (χ1v) is 7.55. The van der Waals surface area contributed by atoms with E-state index >= 15 is 0 Å². The molecule has 2 N–H and O–H groups in total. The van der Waals surface area contributed by atoms with Crippen LogP contribution in [0.15, 0.2) is 48.7 Å². The Morgan fingerprint density at radius 2 is 1.83 bits per heavy atom. The molecule has 24 heavy (non-hydrogen) atoms. The van der Waals surface area contributed by atoms with Crippen LogP contribution in [0, 0.1) is 0 Å². The maximum atomic E-state index is 12.5. The van der Waals surface area contributed by atoms with Gasteiger partial charge in [-0.15, -0.1) is 0 Å². The van der Waals surface area contributed by atoms with Crippen LogP contribution >= 0.6 is 0 Å². The molecule has 1 heterocycles. The van der Waals surface area contributed by atoms with Gasteiger partial charge < -0.3 is 15.0 Å². The minimum atomic E-state index is -4.30. The van der Waals surface area contributed by atoms with Crippen LogP contribution in [-0.4, -0.2) is 18.6 Å². The Hall–Kier alpha value is -2.63. The second-order valence-corrected chi connectivity index (χ2v) is 5.45. The summed E-state index contributed by atoms with van der Waals surface area (Å²) < 4.78 is 43.3. The first kappa shape index (κ1) is 16.2. The second-order valence-electron chi connectivity index (χ2n) is 5.45. The number of nitrogens with one attached hydrogen (secondary N) is 2. The van der Waals surface area contributed by atoms with Gasteiger partial charge in [0.15, 0.2) is 0 Å². The molecular weight excluding hydrogens is 317 g/mol. The monoisotopic (exact) mass is 334 g/mol. The number of benzene rings is 2. The van der Waals surface area contributed by atoms with Gasteiger partial charge in [-0.1, -0.05) is 12.1 Å². The minimum Gasteiger partial charge on any atom is -0.493 e. The fraction of sp³-hybridized carbons (Fsp3) is 0.222. The van der Waals surface area contributed by atoms with Gasteiger partial charge in [0.2, 0.25) is 0 Å². The Labute approximate surface area is 137 Å². The van der Waals surface area contributed by atoms with Crippen LogP contribution in [0.25, 0.3) is 10.9 Å². The number of fused-ring (bicyclic) bond motifs is 1. The van der Waals surface area contributed by atoms with Crippen molar-refractivity contribution in [2.75, 3.05) is 19.0 Å². The molecule has 0 atom stereocenters. The van der Waals surface area contributed by atoms with E-state index in [4.69, 9.17) is 4.74 Å². The lowest BCUT2D eigenvalue weighted by molar-refractivity contribution is -0.137. The third-order valence-electron chi connectivity index (χ3n) is 3.86. The normalized spacial score (nSPS) is 11.7. The molecule has 126 valence electrons. The summed E-state index contributed by atoms with van der Waals surface area (Å²) in [5, 5.41) is 4.13. The highest BCUT2D eigenvalue weighted by molar-refractivity contribution is 5.93. The zero-order valence-corrected chi connectivity index (χ0v) is 13.1. The van der Waals surface area contributed by atoms with Crippen molar-refractivity contribution in [1.29, 1.82) is 0 Å².